The van der Waals surface area contributed by atoms with Crippen molar-refractivity contribution in [3.8, 4) is 0 Å². The van der Waals surface area contributed by atoms with Crippen LogP contribution in [-0.2, 0) is 0 Å². The molecule has 2 unspecified atom stereocenters. The molecule has 0 radical (unpaired) electrons. The first-order chi connectivity index (χ1) is 11.3. The molecular formula is C16H19N5O2. The maximum atomic E-state index is 12.9. The average molecular weight is 313 g/mol. The Hall–Kier alpha value is -2.18. The number of carbonyl (C=O) groups excluding carboxylic acids is 1. The highest BCUT2D eigenvalue weighted by molar-refractivity contribution is 5.93. The molecule has 2 atom stereocenters. The van der Waals surface area contributed by atoms with Gasteiger partial charge in [-0.1, -0.05) is 5.16 Å². The molecule has 1 aliphatic carbocycles. The van der Waals surface area contributed by atoms with E-state index in [1.807, 2.05) is 11.0 Å². The van der Waals surface area contributed by atoms with E-state index in [0.29, 0.717) is 17.7 Å². The molecule has 3 aliphatic rings. The van der Waals surface area contributed by atoms with Gasteiger partial charge in [0, 0.05) is 24.1 Å². The molecule has 0 N–H and O–H groups in total. The van der Waals surface area contributed by atoms with Gasteiger partial charge in [-0.2, -0.15) is 15.0 Å². The Morgan fingerprint density at radius 3 is 2.39 bits per heavy atom. The predicted octanol–water partition coefficient (Wildman–Crippen LogP) is 2.15. The lowest BCUT2D eigenvalue weighted by molar-refractivity contribution is 0.0502. The molecule has 7 nitrogen and oxygen atoms in total. The van der Waals surface area contributed by atoms with Gasteiger partial charge in [0.15, 0.2) is 5.69 Å². The van der Waals surface area contributed by atoms with E-state index in [2.05, 4.69) is 15.4 Å². The van der Waals surface area contributed by atoms with E-state index in [9.17, 15) is 4.79 Å². The van der Waals surface area contributed by atoms with Crippen LogP contribution in [0.25, 0.3) is 0 Å². The van der Waals surface area contributed by atoms with Crippen LogP contribution < -0.4 is 0 Å². The molecule has 3 fully saturated rings. The van der Waals surface area contributed by atoms with Gasteiger partial charge >= 0.3 is 0 Å². The second-order valence-electron chi connectivity index (χ2n) is 6.96. The molecule has 23 heavy (non-hydrogen) atoms. The van der Waals surface area contributed by atoms with Crippen LogP contribution in [-0.4, -0.2) is 43.0 Å². The van der Waals surface area contributed by atoms with Crippen LogP contribution >= 0.6 is 0 Å². The standard InChI is InChI=1S/C16H19N5O2/c22-16(14-9-15(23-19-14)10-1-2-10)20-11-3-4-12(20)8-13(7-11)21-17-5-6-18-21/h5-6,9-13H,1-4,7-8H2. The van der Waals surface area contributed by atoms with Crippen molar-refractivity contribution >= 4 is 5.91 Å². The van der Waals surface area contributed by atoms with Gasteiger partial charge in [0.2, 0.25) is 0 Å². The van der Waals surface area contributed by atoms with Crippen LogP contribution in [0.4, 0.5) is 0 Å². The molecule has 2 saturated heterocycles. The fourth-order valence-electron chi connectivity index (χ4n) is 4.17. The Labute approximate surface area is 133 Å². The van der Waals surface area contributed by atoms with Crippen molar-refractivity contribution < 1.29 is 9.32 Å². The largest absolute Gasteiger partial charge is 0.360 e. The second kappa shape index (κ2) is 4.91. The number of aromatic nitrogens is 4. The smallest absolute Gasteiger partial charge is 0.276 e. The SMILES string of the molecule is O=C(c1cc(C2CC2)on1)N1C2CCC1CC(n1nccn1)C2. The molecule has 1 saturated carbocycles. The third kappa shape index (κ3) is 2.17. The number of fused-ring (bicyclic) bond motifs is 2. The van der Waals surface area contributed by atoms with Gasteiger partial charge in [0.05, 0.1) is 18.4 Å². The molecule has 2 aliphatic heterocycles. The summed E-state index contributed by atoms with van der Waals surface area (Å²) in [4.78, 5) is 16.7. The topological polar surface area (TPSA) is 77.0 Å². The summed E-state index contributed by atoms with van der Waals surface area (Å²) in [5, 5.41) is 12.6. The van der Waals surface area contributed by atoms with E-state index in [0.717, 1.165) is 44.3 Å². The van der Waals surface area contributed by atoms with E-state index >= 15 is 0 Å². The Morgan fingerprint density at radius 2 is 1.74 bits per heavy atom. The Balaban J connectivity index is 1.36. The summed E-state index contributed by atoms with van der Waals surface area (Å²) in [5.74, 6) is 1.38. The van der Waals surface area contributed by atoms with Gasteiger partial charge < -0.3 is 9.42 Å². The second-order valence-corrected chi connectivity index (χ2v) is 6.96. The highest BCUT2D eigenvalue weighted by Gasteiger charge is 2.45. The minimum atomic E-state index is 0.0278. The highest BCUT2D eigenvalue weighted by atomic mass is 16.5. The summed E-state index contributed by atoms with van der Waals surface area (Å²) in [6.07, 6.45) is 9.69. The normalized spacial score (nSPS) is 29.9. The van der Waals surface area contributed by atoms with E-state index in [1.165, 1.54) is 0 Å². The van der Waals surface area contributed by atoms with E-state index in [4.69, 9.17) is 4.52 Å². The molecule has 0 spiro atoms. The first-order valence-corrected chi connectivity index (χ1v) is 8.44. The van der Waals surface area contributed by atoms with Gasteiger partial charge in [-0.05, 0) is 38.5 Å². The van der Waals surface area contributed by atoms with Crippen LogP contribution in [0.15, 0.2) is 23.0 Å². The molecule has 2 aromatic rings. The minimum Gasteiger partial charge on any atom is -0.360 e. The van der Waals surface area contributed by atoms with Crippen molar-refractivity contribution in [2.75, 3.05) is 0 Å². The number of piperidine rings is 1. The summed E-state index contributed by atoms with van der Waals surface area (Å²) in [5.41, 5.74) is 0.472. The fourth-order valence-corrected chi connectivity index (χ4v) is 4.17. The predicted molar refractivity (Wildman–Crippen MR) is 79.8 cm³/mol. The number of nitrogens with zero attached hydrogens (tertiary/aromatic N) is 5. The molecule has 2 bridgehead atoms. The zero-order valence-corrected chi connectivity index (χ0v) is 12.8. The maximum Gasteiger partial charge on any atom is 0.276 e. The summed E-state index contributed by atoms with van der Waals surface area (Å²) >= 11 is 0. The molecule has 0 aromatic carbocycles. The Kier molecular flexibility index (Phi) is 2.83. The van der Waals surface area contributed by atoms with Crippen molar-refractivity contribution in [3.05, 3.63) is 29.9 Å². The molecular weight excluding hydrogens is 294 g/mol. The number of hydrogen-bond donors (Lipinski definition) is 0. The van der Waals surface area contributed by atoms with Gasteiger partial charge in [-0.15, -0.1) is 0 Å². The zero-order chi connectivity index (χ0) is 15.4. The van der Waals surface area contributed by atoms with Crippen LogP contribution in [0.1, 0.15) is 66.7 Å². The fraction of sp³-hybridized carbons (Fsp3) is 0.625. The van der Waals surface area contributed by atoms with Crippen LogP contribution in [0, 0.1) is 0 Å². The summed E-state index contributed by atoms with van der Waals surface area (Å²) in [6, 6.07) is 2.67. The Morgan fingerprint density at radius 1 is 1.04 bits per heavy atom. The van der Waals surface area contributed by atoms with E-state index < -0.39 is 0 Å². The van der Waals surface area contributed by atoms with Crippen LogP contribution in [0.5, 0.6) is 0 Å². The lowest BCUT2D eigenvalue weighted by Crippen LogP contribution is -2.47. The van der Waals surface area contributed by atoms with Gasteiger partial charge in [0.25, 0.3) is 5.91 Å². The lowest BCUT2D eigenvalue weighted by Gasteiger charge is -2.38. The average Bonchev–Trinajstić information content (AvgIpc) is 3.01. The first-order valence-electron chi connectivity index (χ1n) is 8.44. The van der Waals surface area contributed by atoms with Gasteiger partial charge in [0.1, 0.15) is 5.76 Å². The zero-order valence-electron chi connectivity index (χ0n) is 12.8. The third-order valence-electron chi connectivity index (χ3n) is 5.43. The number of hydrogen-bond acceptors (Lipinski definition) is 5. The lowest BCUT2D eigenvalue weighted by atomic mass is 9.97. The minimum absolute atomic E-state index is 0.0278. The number of rotatable bonds is 3. The van der Waals surface area contributed by atoms with Gasteiger partial charge in [-0.3, -0.25) is 4.79 Å². The Bertz CT molecular complexity index is 707. The van der Waals surface area contributed by atoms with E-state index in [1.54, 1.807) is 17.2 Å². The van der Waals surface area contributed by atoms with Crippen molar-refractivity contribution in [2.24, 2.45) is 0 Å². The third-order valence-corrected chi connectivity index (χ3v) is 5.43. The van der Waals surface area contributed by atoms with Crippen LogP contribution in [0.3, 0.4) is 0 Å². The van der Waals surface area contributed by atoms with Crippen molar-refractivity contribution in [1.82, 2.24) is 25.1 Å². The quantitative estimate of drug-likeness (QED) is 0.867. The molecule has 1 amide bonds. The van der Waals surface area contributed by atoms with Crippen LogP contribution in [0.2, 0.25) is 0 Å². The molecule has 2 aromatic heterocycles. The number of amides is 1. The summed E-state index contributed by atoms with van der Waals surface area (Å²) < 4.78 is 5.35. The van der Waals surface area contributed by atoms with Crippen molar-refractivity contribution in [3.63, 3.8) is 0 Å². The first kappa shape index (κ1) is 13.3. The van der Waals surface area contributed by atoms with Crippen molar-refractivity contribution in [2.45, 2.75) is 62.6 Å². The summed E-state index contributed by atoms with van der Waals surface area (Å²) in [7, 11) is 0. The molecule has 7 heteroatoms. The van der Waals surface area contributed by atoms with Crippen molar-refractivity contribution in [1.29, 1.82) is 0 Å². The van der Waals surface area contributed by atoms with E-state index in [-0.39, 0.29) is 18.0 Å². The molecule has 5 rings (SSSR count). The molecule has 120 valence electrons. The number of carbonyl (C=O) groups is 1. The van der Waals surface area contributed by atoms with Gasteiger partial charge in [-0.25, -0.2) is 0 Å². The molecule has 4 heterocycles. The highest BCUT2D eigenvalue weighted by Crippen LogP contribution is 2.42. The summed E-state index contributed by atoms with van der Waals surface area (Å²) in [6.45, 7) is 0. The maximum absolute atomic E-state index is 12.9. The monoisotopic (exact) mass is 313 g/mol.